The number of rotatable bonds is 3. The molecule has 17 heavy (non-hydrogen) atoms. The van der Waals surface area contributed by atoms with Crippen LogP contribution in [0.2, 0.25) is 0 Å². The fraction of sp³-hybridized carbons (Fsp3) is 0.600. The molecule has 0 bridgehead atoms. The molecular weight excluding hydrogens is 208 g/mol. The van der Waals surface area contributed by atoms with Crippen molar-refractivity contribution in [1.82, 2.24) is 5.43 Å². The first-order chi connectivity index (χ1) is 8.05. The zero-order valence-corrected chi connectivity index (χ0v) is 11.2. The smallest absolute Gasteiger partial charge is 0.0513 e. The molecule has 1 unspecified atom stereocenters. The maximum absolute atomic E-state index is 5.82. The average molecular weight is 232 g/mol. The third-order valence-electron chi connectivity index (χ3n) is 4.19. The minimum absolute atomic E-state index is 0.281. The van der Waals surface area contributed by atoms with Crippen molar-refractivity contribution >= 4 is 0 Å². The van der Waals surface area contributed by atoms with Gasteiger partial charge in [-0.1, -0.05) is 49.1 Å². The lowest BCUT2D eigenvalue weighted by Gasteiger charge is -2.34. The van der Waals surface area contributed by atoms with Gasteiger partial charge >= 0.3 is 0 Å². The maximum atomic E-state index is 5.82. The predicted molar refractivity (Wildman–Crippen MR) is 72.6 cm³/mol. The summed E-state index contributed by atoms with van der Waals surface area (Å²) in [5, 5.41) is 0. The van der Waals surface area contributed by atoms with Crippen molar-refractivity contribution in [2.75, 3.05) is 0 Å². The molecule has 0 spiro atoms. The van der Waals surface area contributed by atoms with Crippen molar-refractivity contribution in [1.29, 1.82) is 0 Å². The molecule has 2 heteroatoms. The summed E-state index contributed by atoms with van der Waals surface area (Å²) >= 11 is 0. The van der Waals surface area contributed by atoms with Gasteiger partial charge < -0.3 is 0 Å². The van der Waals surface area contributed by atoms with Crippen LogP contribution in [-0.4, -0.2) is 0 Å². The number of hydrogen-bond donors (Lipinski definition) is 2. The van der Waals surface area contributed by atoms with E-state index in [1.54, 1.807) is 0 Å². The monoisotopic (exact) mass is 232 g/mol. The minimum Gasteiger partial charge on any atom is -0.271 e. The van der Waals surface area contributed by atoms with E-state index in [2.05, 4.69) is 44.4 Å². The highest BCUT2D eigenvalue weighted by atomic mass is 15.2. The van der Waals surface area contributed by atoms with Crippen LogP contribution in [0.1, 0.15) is 55.3 Å². The first kappa shape index (κ1) is 12.6. The Morgan fingerprint density at radius 3 is 2.12 bits per heavy atom. The molecule has 1 aliphatic rings. The Balaban J connectivity index is 2.34. The highest BCUT2D eigenvalue weighted by Gasteiger charge is 2.37. The van der Waals surface area contributed by atoms with Gasteiger partial charge in [0.05, 0.1) is 6.04 Å². The maximum Gasteiger partial charge on any atom is 0.0513 e. The van der Waals surface area contributed by atoms with Gasteiger partial charge in [0.2, 0.25) is 0 Å². The molecule has 0 radical (unpaired) electrons. The Labute approximate surface area is 105 Å². The number of nitrogens with one attached hydrogen (secondary N) is 1. The SMILES string of the molecule is Cc1cc(C)cc(C(NN)C2(C)CCCC2)c1. The van der Waals surface area contributed by atoms with Crippen molar-refractivity contribution in [3.05, 3.63) is 34.9 Å². The first-order valence-corrected chi connectivity index (χ1v) is 6.59. The van der Waals surface area contributed by atoms with E-state index in [0.717, 1.165) is 0 Å². The predicted octanol–water partition coefficient (Wildman–Crippen LogP) is 3.39. The normalized spacial score (nSPS) is 20.5. The molecule has 0 aromatic heterocycles. The number of hydrogen-bond acceptors (Lipinski definition) is 2. The van der Waals surface area contributed by atoms with Crippen LogP contribution in [0.3, 0.4) is 0 Å². The van der Waals surface area contributed by atoms with E-state index in [1.165, 1.54) is 42.4 Å². The molecule has 0 saturated heterocycles. The summed E-state index contributed by atoms with van der Waals surface area (Å²) in [6.45, 7) is 6.67. The highest BCUT2D eigenvalue weighted by Crippen LogP contribution is 2.47. The van der Waals surface area contributed by atoms with Crippen molar-refractivity contribution in [3.8, 4) is 0 Å². The van der Waals surface area contributed by atoms with Crippen LogP contribution in [0, 0.1) is 19.3 Å². The second kappa shape index (κ2) is 4.79. The van der Waals surface area contributed by atoms with Gasteiger partial charge in [-0.2, -0.15) is 0 Å². The van der Waals surface area contributed by atoms with Crippen LogP contribution in [0.15, 0.2) is 18.2 Å². The lowest BCUT2D eigenvalue weighted by atomic mass is 9.77. The number of benzene rings is 1. The van der Waals surface area contributed by atoms with Gasteiger partial charge in [0, 0.05) is 0 Å². The summed E-state index contributed by atoms with van der Waals surface area (Å²) in [5.74, 6) is 5.82. The van der Waals surface area contributed by atoms with Crippen molar-refractivity contribution in [2.24, 2.45) is 11.3 Å². The largest absolute Gasteiger partial charge is 0.271 e. The first-order valence-electron chi connectivity index (χ1n) is 6.59. The van der Waals surface area contributed by atoms with E-state index in [-0.39, 0.29) is 6.04 Å². The van der Waals surface area contributed by atoms with E-state index >= 15 is 0 Å². The van der Waals surface area contributed by atoms with Crippen molar-refractivity contribution in [2.45, 2.75) is 52.5 Å². The molecular formula is C15H24N2. The average Bonchev–Trinajstić information content (AvgIpc) is 2.65. The summed E-state index contributed by atoms with van der Waals surface area (Å²) in [4.78, 5) is 0. The Kier molecular flexibility index (Phi) is 3.55. The molecule has 94 valence electrons. The van der Waals surface area contributed by atoms with E-state index in [0.29, 0.717) is 5.41 Å². The lowest BCUT2D eigenvalue weighted by molar-refractivity contribution is 0.225. The third-order valence-corrected chi connectivity index (χ3v) is 4.19. The van der Waals surface area contributed by atoms with Gasteiger partial charge in [0.25, 0.3) is 0 Å². The summed E-state index contributed by atoms with van der Waals surface area (Å²) in [5.41, 5.74) is 7.35. The van der Waals surface area contributed by atoms with Crippen LogP contribution in [-0.2, 0) is 0 Å². The molecule has 1 atom stereocenters. The zero-order chi connectivity index (χ0) is 12.5. The quantitative estimate of drug-likeness (QED) is 0.619. The summed E-state index contributed by atoms with van der Waals surface area (Å²) < 4.78 is 0. The molecule has 0 aliphatic heterocycles. The van der Waals surface area contributed by atoms with Crippen LogP contribution in [0.5, 0.6) is 0 Å². The minimum atomic E-state index is 0.281. The molecule has 1 aliphatic carbocycles. The number of hydrazine groups is 1. The van der Waals surface area contributed by atoms with E-state index in [4.69, 9.17) is 5.84 Å². The lowest BCUT2D eigenvalue weighted by Crippen LogP contribution is -2.38. The molecule has 1 saturated carbocycles. The molecule has 3 N–H and O–H groups in total. The molecule has 2 rings (SSSR count). The topological polar surface area (TPSA) is 38.0 Å². The highest BCUT2D eigenvalue weighted by molar-refractivity contribution is 5.31. The van der Waals surface area contributed by atoms with E-state index in [9.17, 15) is 0 Å². The van der Waals surface area contributed by atoms with Crippen LogP contribution in [0.25, 0.3) is 0 Å². The van der Waals surface area contributed by atoms with Crippen molar-refractivity contribution < 1.29 is 0 Å². The zero-order valence-electron chi connectivity index (χ0n) is 11.2. The third kappa shape index (κ3) is 2.53. The summed E-state index contributed by atoms with van der Waals surface area (Å²) in [7, 11) is 0. The molecule has 0 amide bonds. The second-order valence-electron chi connectivity index (χ2n) is 5.88. The van der Waals surface area contributed by atoms with Crippen LogP contribution in [0.4, 0.5) is 0 Å². The van der Waals surface area contributed by atoms with Gasteiger partial charge in [0.1, 0.15) is 0 Å². The molecule has 1 aromatic rings. The summed E-state index contributed by atoms with van der Waals surface area (Å²) in [6, 6.07) is 7.03. The Morgan fingerprint density at radius 1 is 1.12 bits per heavy atom. The van der Waals surface area contributed by atoms with E-state index in [1.807, 2.05) is 0 Å². The molecule has 1 fully saturated rings. The van der Waals surface area contributed by atoms with Gasteiger partial charge in [-0.05, 0) is 37.7 Å². The van der Waals surface area contributed by atoms with Crippen LogP contribution >= 0.6 is 0 Å². The van der Waals surface area contributed by atoms with Gasteiger partial charge in [-0.3, -0.25) is 11.3 Å². The molecule has 2 nitrogen and oxygen atoms in total. The van der Waals surface area contributed by atoms with Crippen molar-refractivity contribution in [3.63, 3.8) is 0 Å². The second-order valence-corrected chi connectivity index (χ2v) is 5.88. The van der Waals surface area contributed by atoms with Gasteiger partial charge in [-0.25, -0.2) is 0 Å². The Morgan fingerprint density at radius 2 is 1.65 bits per heavy atom. The Hall–Kier alpha value is -0.860. The fourth-order valence-corrected chi connectivity index (χ4v) is 3.35. The Bertz CT molecular complexity index is 372. The standard InChI is InChI=1S/C15H24N2/c1-11-8-12(2)10-13(9-11)14(17-16)15(3)6-4-5-7-15/h8-10,14,17H,4-7,16H2,1-3H3. The van der Waals surface area contributed by atoms with Gasteiger partial charge in [0.15, 0.2) is 0 Å². The number of nitrogens with two attached hydrogens (primary N) is 1. The van der Waals surface area contributed by atoms with E-state index < -0.39 is 0 Å². The molecule has 1 aromatic carbocycles. The summed E-state index contributed by atoms with van der Waals surface area (Å²) in [6.07, 6.45) is 5.21. The van der Waals surface area contributed by atoms with Crippen LogP contribution < -0.4 is 11.3 Å². The number of aryl methyl sites for hydroxylation is 2. The fourth-order valence-electron chi connectivity index (χ4n) is 3.35. The van der Waals surface area contributed by atoms with Gasteiger partial charge in [-0.15, -0.1) is 0 Å². The molecule has 0 heterocycles.